The number of aliphatic hydroxyl groups excluding tert-OH is 2. The van der Waals surface area contributed by atoms with E-state index in [9.17, 15) is 4.80 Å². The summed E-state index contributed by atoms with van der Waals surface area (Å²) in [6.45, 7) is 14.0. The summed E-state index contributed by atoms with van der Waals surface area (Å²) in [7, 11) is -3.25. The Hall–Kier alpha value is 0.691. The van der Waals surface area contributed by atoms with E-state index in [1.165, 1.54) is 0 Å². The van der Waals surface area contributed by atoms with Gasteiger partial charge in [0.1, 0.15) is 0 Å². The van der Waals surface area contributed by atoms with Crippen molar-refractivity contribution < 1.29 is 50.0 Å². The molecule has 3 N–H and O–H groups in total. The molecular formula is C14H36O6SiTi. The van der Waals surface area contributed by atoms with Crippen LogP contribution >= 0.6 is 0 Å². The van der Waals surface area contributed by atoms with Gasteiger partial charge in [-0.15, -0.1) is 0 Å². The van der Waals surface area contributed by atoms with E-state index in [0.717, 1.165) is 12.8 Å². The van der Waals surface area contributed by atoms with Crippen LogP contribution in [-0.2, 0) is 35.0 Å². The standard InChI is InChI=1S/C6H16O4Si.2C4H10O.Ti/c1-4-8-11(7,9-5-2)10-6-3;2*1-3-4(2)5;/h7H,4-6H2,1-3H3;2*4-5H,3H2,1-2H3;. The first-order valence-electron chi connectivity index (χ1n) is 7.73. The molecule has 0 heterocycles. The first-order valence-corrected chi connectivity index (χ1v) is 9.40. The third-order valence-electron chi connectivity index (χ3n) is 2.16. The molecule has 22 heavy (non-hydrogen) atoms. The van der Waals surface area contributed by atoms with Crippen molar-refractivity contribution in [3.05, 3.63) is 0 Å². The molecule has 0 saturated heterocycles. The number of hydrogen-bond donors (Lipinski definition) is 3. The zero-order valence-corrected chi connectivity index (χ0v) is 17.8. The topological polar surface area (TPSA) is 88.4 Å². The molecule has 0 rings (SSSR count). The molecule has 0 bridgehead atoms. The maximum absolute atomic E-state index is 9.48. The van der Waals surface area contributed by atoms with Gasteiger partial charge in [0.05, 0.1) is 12.2 Å². The molecule has 0 spiro atoms. The minimum atomic E-state index is -3.25. The zero-order valence-electron chi connectivity index (χ0n) is 15.3. The molecule has 0 aliphatic heterocycles. The van der Waals surface area contributed by atoms with Crippen molar-refractivity contribution in [3.63, 3.8) is 0 Å². The van der Waals surface area contributed by atoms with Crippen LogP contribution in [-0.4, -0.2) is 56.1 Å². The third kappa shape index (κ3) is 28.8. The van der Waals surface area contributed by atoms with Crippen LogP contribution in [0.2, 0.25) is 0 Å². The average Bonchev–Trinajstić information content (AvgIpc) is 2.40. The van der Waals surface area contributed by atoms with Crippen LogP contribution in [0.5, 0.6) is 0 Å². The summed E-state index contributed by atoms with van der Waals surface area (Å²) < 4.78 is 14.9. The molecule has 2 atom stereocenters. The molecule has 136 valence electrons. The van der Waals surface area contributed by atoms with Crippen molar-refractivity contribution in [2.75, 3.05) is 19.8 Å². The fourth-order valence-electron chi connectivity index (χ4n) is 0.672. The van der Waals surface area contributed by atoms with Gasteiger partial charge >= 0.3 is 9.05 Å². The fraction of sp³-hybridized carbons (Fsp3) is 1.00. The van der Waals surface area contributed by atoms with Crippen LogP contribution in [0.15, 0.2) is 0 Å². The van der Waals surface area contributed by atoms with Gasteiger partial charge < -0.3 is 28.3 Å². The van der Waals surface area contributed by atoms with Crippen molar-refractivity contribution in [2.24, 2.45) is 0 Å². The van der Waals surface area contributed by atoms with Gasteiger partial charge in [0.25, 0.3) is 0 Å². The number of rotatable bonds is 8. The summed E-state index contributed by atoms with van der Waals surface area (Å²) in [6.07, 6.45) is 1.49. The zero-order chi connectivity index (χ0) is 17.3. The molecule has 0 fully saturated rings. The molecule has 0 aromatic carbocycles. The molecule has 0 aliphatic rings. The van der Waals surface area contributed by atoms with E-state index in [2.05, 4.69) is 0 Å². The van der Waals surface area contributed by atoms with Gasteiger partial charge in [0.15, 0.2) is 0 Å². The van der Waals surface area contributed by atoms with E-state index >= 15 is 0 Å². The fourth-order valence-corrected chi connectivity index (χ4v) is 2.02. The summed E-state index contributed by atoms with van der Waals surface area (Å²) >= 11 is 0. The molecular weight excluding hydrogens is 340 g/mol. The molecule has 6 nitrogen and oxygen atoms in total. The van der Waals surface area contributed by atoms with E-state index in [0.29, 0.717) is 19.8 Å². The normalized spacial score (nSPS) is 12.8. The second kappa shape index (κ2) is 21.7. The molecule has 2 unspecified atom stereocenters. The summed E-state index contributed by atoms with van der Waals surface area (Å²) in [5.74, 6) is 0. The van der Waals surface area contributed by atoms with Gasteiger partial charge in [-0.25, -0.2) is 0 Å². The second-order valence-corrected chi connectivity index (χ2v) is 6.25. The van der Waals surface area contributed by atoms with Crippen LogP contribution in [0.4, 0.5) is 0 Å². The third-order valence-corrected chi connectivity index (χ3v) is 4.12. The Morgan fingerprint density at radius 3 is 1.00 bits per heavy atom. The Kier molecular flexibility index (Phi) is 30.1. The Labute approximate surface area is 152 Å². The van der Waals surface area contributed by atoms with Crippen molar-refractivity contribution in [2.45, 2.75) is 73.5 Å². The van der Waals surface area contributed by atoms with Crippen LogP contribution in [0.3, 0.4) is 0 Å². The second-order valence-electron chi connectivity index (χ2n) is 4.34. The Balaban J connectivity index is -0.000000124. The van der Waals surface area contributed by atoms with Gasteiger partial charge in [-0.3, -0.25) is 0 Å². The molecule has 0 aliphatic carbocycles. The van der Waals surface area contributed by atoms with E-state index in [1.54, 1.807) is 34.6 Å². The molecule has 0 saturated carbocycles. The number of hydrogen-bond acceptors (Lipinski definition) is 6. The van der Waals surface area contributed by atoms with Gasteiger partial charge in [0, 0.05) is 41.5 Å². The van der Waals surface area contributed by atoms with Gasteiger partial charge in [-0.2, -0.15) is 0 Å². The van der Waals surface area contributed by atoms with Crippen LogP contribution in [0.1, 0.15) is 61.3 Å². The number of aliphatic hydroxyl groups is 2. The quantitative estimate of drug-likeness (QED) is 0.562. The monoisotopic (exact) mass is 376 g/mol. The first-order chi connectivity index (χ1) is 9.72. The Morgan fingerprint density at radius 2 is 0.909 bits per heavy atom. The van der Waals surface area contributed by atoms with Gasteiger partial charge in [-0.05, 0) is 47.5 Å². The molecule has 0 aromatic heterocycles. The molecule has 0 aromatic rings. The van der Waals surface area contributed by atoms with E-state index in [4.69, 9.17) is 23.5 Å². The van der Waals surface area contributed by atoms with E-state index in [-0.39, 0.29) is 33.9 Å². The van der Waals surface area contributed by atoms with Crippen molar-refractivity contribution >= 4 is 9.05 Å². The SMILES string of the molecule is CCC(C)O.CCC(C)O.CCO[Si](O)(OCC)OCC.[Ti]. The minimum Gasteiger partial charge on any atom is -0.393 e. The summed E-state index contributed by atoms with van der Waals surface area (Å²) in [4.78, 5) is 9.48. The van der Waals surface area contributed by atoms with Crippen LogP contribution in [0.25, 0.3) is 0 Å². The maximum Gasteiger partial charge on any atom is 0.676 e. The summed E-state index contributed by atoms with van der Waals surface area (Å²) in [5.41, 5.74) is 0. The molecule has 8 heteroatoms. The maximum atomic E-state index is 9.48. The minimum absolute atomic E-state index is 0. The van der Waals surface area contributed by atoms with Gasteiger partial charge in [0.2, 0.25) is 0 Å². The Morgan fingerprint density at radius 1 is 0.727 bits per heavy atom. The van der Waals surface area contributed by atoms with Crippen LogP contribution in [0, 0.1) is 0 Å². The molecule has 0 radical (unpaired) electrons. The summed E-state index contributed by atoms with van der Waals surface area (Å²) in [6, 6.07) is 0. The first kappa shape index (κ1) is 30.6. The molecule has 0 amide bonds. The van der Waals surface area contributed by atoms with Crippen molar-refractivity contribution in [3.8, 4) is 0 Å². The average molecular weight is 376 g/mol. The van der Waals surface area contributed by atoms with E-state index < -0.39 is 9.05 Å². The van der Waals surface area contributed by atoms with Crippen molar-refractivity contribution in [1.82, 2.24) is 0 Å². The summed E-state index contributed by atoms with van der Waals surface area (Å²) in [5, 5.41) is 16.7. The Bertz CT molecular complexity index is 171. The van der Waals surface area contributed by atoms with Crippen molar-refractivity contribution in [1.29, 1.82) is 0 Å². The largest absolute Gasteiger partial charge is 0.676 e. The van der Waals surface area contributed by atoms with Gasteiger partial charge in [-0.1, -0.05) is 13.8 Å². The smallest absolute Gasteiger partial charge is 0.393 e. The van der Waals surface area contributed by atoms with Crippen LogP contribution < -0.4 is 0 Å². The van der Waals surface area contributed by atoms with E-state index in [1.807, 2.05) is 13.8 Å². The predicted molar refractivity (Wildman–Crippen MR) is 86.8 cm³/mol. The predicted octanol–water partition coefficient (Wildman–Crippen LogP) is 2.08.